The first-order chi connectivity index (χ1) is 8.66. The molecule has 1 atom stereocenters. The van der Waals surface area contributed by atoms with E-state index in [-0.39, 0.29) is 0 Å². The molecule has 1 aromatic heterocycles. The molecule has 0 radical (unpaired) electrons. The van der Waals surface area contributed by atoms with Crippen molar-refractivity contribution < 1.29 is 0 Å². The zero-order valence-electron chi connectivity index (χ0n) is 11.3. The highest BCUT2D eigenvalue weighted by Gasteiger charge is 2.07. The quantitative estimate of drug-likeness (QED) is 0.884. The Morgan fingerprint density at radius 1 is 1.11 bits per heavy atom. The molecule has 2 aromatic rings. The number of nitrogens with one attached hydrogen (secondary N) is 1. The lowest BCUT2D eigenvalue weighted by atomic mass is 10.0. The summed E-state index contributed by atoms with van der Waals surface area (Å²) in [6.45, 7) is 7.20. The number of aromatic nitrogens is 1. The minimum absolute atomic E-state index is 0.342. The van der Waals surface area contributed by atoms with E-state index >= 15 is 0 Å². The van der Waals surface area contributed by atoms with E-state index in [9.17, 15) is 0 Å². The molecule has 0 fully saturated rings. The number of hydrogen-bond donors (Lipinski definition) is 1. The minimum atomic E-state index is 0.342. The van der Waals surface area contributed by atoms with E-state index in [1.165, 1.54) is 16.7 Å². The second-order valence-corrected chi connectivity index (χ2v) is 4.79. The van der Waals surface area contributed by atoms with Crippen molar-refractivity contribution in [2.75, 3.05) is 0 Å². The highest BCUT2D eigenvalue weighted by Crippen LogP contribution is 2.16. The number of nitrogens with zero attached hydrogens (tertiary/aromatic N) is 1. The van der Waals surface area contributed by atoms with Gasteiger partial charge in [0, 0.05) is 18.8 Å². The van der Waals surface area contributed by atoms with E-state index in [4.69, 9.17) is 0 Å². The van der Waals surface area contributed by atoms with Gasteiger partial charge in [-0.25, -0.2) is 0 Å². The van der Waals surface area contributed by atoms with Gasteiger partial charge in [0.15, 0.2) is 0 Å². The normalized spacial score (nSPS) is 12.4. The average molecular weight is 240 g/mol. The standard InChI is InChI=1S/C16H20N2/c1-12-8-9-15(18-10-12)11-17-14(3)16-7-5-4-6-13(16)2/h4-10,14,17H,11H2,1-3H3. The Labute approximate surface area is 109 Å². The van der Waals surface area contributed by atoms with Gasteiger partial charge < -0.3 is 5.32 Å². The Morgan fingerprint density at radius 2 is 1.89 bits per heavy atom. The third-order valence-electron chi connectivity index (χ3n) is 3.22. The zero-order chi connectivity index (χ0) is 13.0. The maximum Gasteiger partial charge on any atom is 0.0542 e. The molecule has 0 aliphatic rings. The molecule has 0 aliphatic heterocycles. The maximum absolute atomic E-state index is 4.40. The van der Waals surface area contributed by atoms with Gasteiger partial charge in [0.05, 0.1) is 5.69 Å². The van der Waals surface area contributed by atoms with Crippen LogP contribution in [-0.2, 0) is 6.54 Å². The molecule has 1 heterocycles. The van der Waals surface area contributed by atoms with Crippen molar-refractivity contribution in [3.63, 3.8) is 0 Å². The lowest BCUT2D eigenvalue weighted by Crippen LogP contribution is -2.19. The highest BCUT2D eigenvalue weighted by molar-refractivity contribution is 5.28. The Kier molecular flexibility index (Phi) is 4.11. The van der Waals surface area contributed by atoms with E-state index in [1.807, 2.05) is 6.20 Å². The van der Waals surface area contributed by atoms with Crippen LogP contribution < -0.4 is 5.32 Å². The zero-order valence-corrected chi connectivity index (χ0v) is 11.3. The van der Waals surface area contributed by atoms with Gasteiger partial charge in [-0.3, -0.25) is 4.98 Å². The number of hydrogen-bond acceptors (Lipinski definition) is 2. The van der Waals surface area contributed by atoms with E-state index < -0.39 is 0 Å². The van der Waals surface area contributed by atoms with E-state index in [2.05, 4.69) is 67.5 Å². The van der Waals surface area contributed by atoms with Crippen LogP contribution >= 0.6 is 0 Å². The summed E-state index contributed by atoms with van der Waals surface area (Å²) in [5, 5.41) is 3.51. The first-order valence-electron chi connectivity index (χ1n) is 6.37. The largest absolute Gasteiger partial charge is 0.305 e. The summed E-state index contributed by atoms with van der Waals surface area (Å²) in [6, 6.07) is 13.0. The average Bonchev–Trinajstić information content (AvgIpc) is 2.38. The van der Waals surface area contributed by atoms with Crippen LogP contribution in [0.2, 0.25) is 0 Å². The van der Waals surface area contributed by atoms with Crippen LogP contribution in [0.25, 0.3) is 0 Å². The summed E-state index contributed by atoms with van der Waals surface area (Å²) in [7, 11) is 0. The number of benzene rings is 1. The van der Waals surface area contributed by atoms with Crippen molar-refractivity contribution in [3.05, 3.63) is 65.0 Å². The van der Waals surface area contributed by atoms with Crippen LogP contribution in [0.15, 0.2) is 42.6 Å². The third kappa shape index (κ3) is 3.17. The SMILES string of the molecule is Cc1ccc(CNC(C)c2ccccc2C)nc1. The van der Waals surface area contributed by atoms with Gasteiger partial charge in [-0.05, 0) is 43.5 Å². The molecule has 1 N–H and O–H groups in total. The fourth-order valence-corrected chi connectivity index (χ4v) is 2.04. The summed E-state index contributed by atoms with van der Waals surface area (Å²) < 4.78 is 0. The summed E-state index contributed by atoms with van der Waals surface area (Å²) in [5.41, 5.74) is 4.96. The van der Waals surface area contributed by atoms with Crippen LogP contribution in [0.1, 0.15) is 35.3 Å². The van der Waals surface area contributed by atoms with E-state index in [1.54, 1.807) is 0 Å². The van der Waals surface area contributed by atoms with Crippen LogP contribution in [0.4, 0.5) is 0 Å². The lowest BCUT2D eigenvalue weighted by Gasteiger charge is -2.16. The first kappa shape index (κ1) is 12.8. The monoisotopic (exact) mass is 240 g/mol. The molecular formula is C16H20N2. The summed E-state index contributed by atoms with van der Waals surface area (Å²) in [6.07, 6.45) is 1.91. The van der Waals surface area contributed by atoms with Crippen LogP contribution in [0.3, 0.4) is 0 Å². The predicted molar refractivity (Wildman–Crippen MR) is 75.4 cm³/mol. The molecule has 0 aliphatic carbocycles. The summed E-state index contributed by atoms with van der Waals surface area (Å²) in [5.74, 6) is 0. The van der Waals surface area contributed by atoms with Gasteiger partial charge >= 0.3 is 0 Å². The molecule has 18 heavy (non-hydrogen) atoms. The highest BCUT2D eigenvalue weighted by atomic mass is 14.9. The minimum Gasteiger partial charge on any atom is -0.305 e. The smallest absolute Gasteiger partial charge is 0.0542 e. The number of rotatable bonds is 4. The van der Waals surface area contributed by atoms with Gasteiger partial charge in [-0.1, -0.05) is 30.3 Å². The Balaban J connectivity index is 1.98. The first-order valence-corrected chi connectivity index (χ1v) is 6.37. The number of aryl methyl sites for hydroxylation is 2. The van der Waals surface area contributed by atoms with Crippen molar-refractivity contribution in [1.29, 1.82) is 0 Å². The molecule has 1 aromatic carbocycles. The predicted octanol–water partition coefficient (Wildman–Crippen LogP) is 3.55. The fourth-order valence-electron chi connectivity index (χ4n) is 2.04. The Bertz CT molecular complexity index is 503. The second-order valence-electron chi connectivity index (χ2n) is 4.79. The van der Waals surface area contributed by atoms with Crippen molar-refractivity contribution in [2.24, 2.45) is 0 Å². The van der Waals surface area contributed by atoms with E-state index in [0.717, 1.165) is 12.2 Å². The molecule has 94 valence electrons. The summed E-state index contributed by atoms with van der Waals surface area (Å²) >= 11 is 0. The van der Waals surface area contributed by atoms with Crippen LogP contribution in [0, 0.1) is 13.8 Å². The van der Waals surface area contributed by atoms with E-state index in [0.29, 0.717) is 6.04 Å². The van der Waals surface area contributed by atoms with Gasteiger partial charge in [-0.2, -0.15) is 0 Å². The third-order valence-corrected chi connectivity index (χ3v) is 3.22. The van der Waals surface area contributed by atoms with Crippen molar-refractivity contribution in [3.8, 4) is 0 Å². The van der Waals surface area contributed by atoms with Crippen LogP contribution in [0.5, 0.6) is 0 Å². The van der Waals surface area contributed by atoms with Crippen molar-refractivity contribution >= 4 is 0 Å². The fraction of sp³-hybridized carbons (Fsp3) is 0.312. The van der Waals surface area contributed by atoms with Gasteiger partial charge in [0.1, 0.15) is 0 Å². The number of pyridine rings is 1. The second kappa shape index (κ2) is 5.78. The molecule has 0 bridgehead atoms. The summed E-state index contributed by atoms with van der Waals surface area (Å²) in [4.78, 5) is 4.40. The molecule has 2 rings (SSSR count). The van der Waals surface area contributed by atoms with Gasteiger partial charge in [0.2, 0.25) is 0 Å². The molecule has 0 saturated heterocycles. The van der Waals surface area contributed by atoms with Gasteiger partial charge in [-0.15, -0.1) is 0 Å². The van der Waals surface area contributed by atoms with Gasteiger partial charge in [0.25, 0.3) is 0 Å². The molecule has 0 spiro atoms. The lowest BCUT2D eigenvalue weighted by molar-refractivity contribution is 0.565. The topological polar surface area (TPSA) is 24.9 Å². The van der Waals surface area contributed by atoms with Crippen molar-refractivity contribution in [1.82, 2.24) is 10.3 Å². The Morgan fingerprint density at radius 3 is 2.56 bits per heavy atom. The molecule has 1 unspecified atom stereocenters. The molecular weight excluding hydrogens is 220 g/mol. The molecule has 2 nitrogen and oxygen atoms in total. The van der Waals surface area contributed by atoms with Crippen molar-refractivity contribution in [2.45, 2.75) is 33.4 Å². The Hall–Kier alpha value is -1.67. The molecule has 0 amide bonds. The maximum atomic E-state index is 4.40. The van der Waals surface area contributed by atoms with Crippen LogP contribution in [-0.4, -0.2) is 4.98 Å². The molecule has 2 heteroatoms. The molecule has 0 saturated carbocycles.